The van der Waals surface area contributed by atoms with Gasteiger partial charge in [-0.2, -0.15) is 13.2 Å². The van der Waals surface area contributed by atoms with Gasteiger partial charge in [-0.3, -0.25) is 4.79 Å². The van der Waals surface area contributed by atoms with Crippen molar-refractivity contribution in [2.24, 2.45) is 5.41 Å². The van der Waals surface area contributed by atoms with Crippen LogP contribution < -0.4 is 5.32 Å². The molecule has 4 nitrogen and oxygen atoms in total. The van der Waals surface area contributed by atoms with Gasteiger partial charge in [0.25, 0.3) is 0 Å². The smallest absolute Gasteiger partial charge is 0.387 e. The van der Waals surface area contributed by atoms with Crippen LogP contribution in [0.15, 0.2) is 24.3 Å². The topological polar surface area (TPSA) is 52.6 Å². The molecular formula is C18H23F3N2O2. The van der Waals surface area contributed by atoms with Gasteiger partial charge in [0.05, 0.1) is 18.2 Å². The van der Waals surface area contributed by atoms with Crippen LogP contribution in [0.5, 0.6) is 0 Å². The standard InChI is InChI=1S/C18H23F3N2O2/c19-18(20,21)14-4-2-1-3-13(14)15(24)11-23-12-17(6-5-16(23)25)7-9-22-10-8-17/h1-4,15,22,24H,5-12H2/t15-/m1/s1. The van der Waals surface area contributed by atoms with Crippen LogP contribution in [0.3, 0.4) is 0 Å². The van der Waals surface area contributed by atoms with Crippen LogP contribution in [0.4, 0.5) is 13.2 Å². The van der Waals surface area contributed by atoms with Gasteiger partial charge in [0, 0.05) is 13.0 Å². The molecule has 0 aliphatic carbocycles. The van der Waals surface area contributed by atoms with Crippen molar-refractivity contribution in [2.75, 3.05) is 26.2 Å². The molecule has 1 aromatic rings. The number of rotatable bonds is 3. The van der Waals surface area contributed by atoms with Crippen LogP contribution in [0.2, 0.25) is 0 Å². The average molecular weight is 356 g/mol. The molecule has 3 rings (SSSR count). The Kier molecular flexibility index (Phi) is 5.06. The first-order valence-electron chi connectivity index (χ1n) is 8.63. The van der Waals surface area contributed by atoms with E-state index in [1.165, 1.54) is 18.2 Å². The Morgan fingerprint density at radius 2 is 1.88 bits per heavy atom. The number of aliphatic hydroxyl groups is 1. The zero-order valence-corrected chi connectivity index (χ0v) is 14.0. The number of likely N-dealkylation sites (tertiary alicyclic amines) is 1. The lowest BCUT2D eigenvalue weighted by Crippen LogP contribution is -2.51. The molecule has 0 saturated carbocycles. The molecule has 1 amide bonds. The lowest BCUT2D eigenvalue weighted by molar-refractivity contribution is -0.141. The number of benzene rings is 1. The van der Waals surface area contributed by atoms with E-state index in [-0.39, 0.29) is 23.4 Å². The molecule has 1 atom stereocenters. The predicted octanol–water partition coefficient (Wildman–Crippen LogP) is 2.73. The van der Waals surface area contributed by atoms with Crippen LogP contribution in [0.1, 0.15) is 42.9 Å². The van der Waals surface area contributed by atoms with Crippen molar-refractivity contribution in [3.05, 3.63) is 35.4 Å². The number of halogens is 3. The van der Waals surface area contributed by atoms with Gasteiger partial charge in [-0.15, -0.1) is 0 Å². The maximum atomic E-state index is 13.2. The van der Waals surface area contributed by atoms with Crippen LogP contribution in [-0.4, -0.2) is 42.1 Å². The van der Waals surface area contributed by atoms with Crippen LogP contribution >= 0.6 is 0 Å². The second-order valence-corrected chi connectivity index (χ2v) is 7.13. The minimum atomic E-state index is -4.53. The molecule has 2 fully saturated rings. The molecular weight excluding hydrogens is 333 g/mol. The summed E-state index contributed by atoms with van der Waals surface area (Å²) in [6.45, 7) is 2.20. The molecule has 2 aliphatic rings. The van der Waals surface area contributed by atoms with Gasteiger partial charge in [-0.1, -0.05) is 18.2 Å². The van der Waals surface area contributed by atoms with E-state index in [1.54, 1.807) is 4.90 Å². The van der Waals surface area contributed by atoms with Crippen molar-refractivity contribution < 1.29 is 23.1 Å². The SMILES string of the molecule is O=C1CCC2(CCNCC2)CN1C[C@@H](O)c1ccccc1C(F)(F)F. The first kappa shape index (κ1) is 18.2. The number of hydrogen-bond donors (Lipinski definition) is 2. The molecule has 2 aliphatic heterocycles. The minimum Gasteiger partial charge on any atom is -0.387 e. The summed E-state index contributed by atoms with van der Waals surface area (Å²) in [7, 11) is 0. The monoisotopic (exact) mass is 356 g/mol. The Labute approximate surface area is 145 Å². The quantitative estimate of drug-likeness (QED) is 0.876. The predicted molar refractivity (Wildman–Crippen MR) is 86.8 cm³/mol. The lowest BCUT2D eigenvalue weighted by atomic mass is 9.72. The van der Waals surface area contributed by atoms with Gasteiger partial charge in [-0.05, 0) is 49.4 Å². The van der Waals surface area contributed by atoms with E-state index in [9.17, 15) is 23.1 Å². The highest BCUT2D eigenvalue weighted by molar-refractivity contribution is 5.77. The number of piperidine rings is 2. The molecule has 0 unspecified atom stereocenters. The molecule has 25 heavy (non-hydrogen) atoms. The van der Waals surface area contributed by atoms with Crippen molar-refractivity contribution in [1.82, 2.24) is 10.2 Å². The van der Waals surface area contributed by atoms with E-state index >= 15 is 0 Å². The van der Waals surface area contributed by atoms with Gasteiger partial charge in [0.1, 0.15) is 0 Å². The molecule has 1 aromatic carbocycles. The van der Waals surface area contributed by atoms with E-state index < -0.39 is 17.8 Å². The maximum Gasteiger partial charge on any atom is 0.416 e. The number of carbonyl (C=O) groups excluding carboxylic acids is 1. The lowest BCUT2D eigenvalue weighted by Gasteiger charge is -2.45. The van der Waals surface area contributed by atoms with Crippen LogP contribution in [-0.2, 0) is 11.0 Å². The summed E-state index contributed by atoms with van der Waals surface area (Å²) in [5.74, 6) is -0.0901. The Morgan fingerprint density at radius 1 is 1.20 bits per heavy atom. The summed E-state index contributed by atoms with van der Waals surface area (Å²) < 4.78 is 39.5. The molecule has 2 saturated heterocycles. The third-order valence-corrected chi connectivity index (χ3v) is 5.43. The first-order chi connectivity index (χ1) is 11.8. The molecule has 2 heterocycles. The molecule has 1 spiro atoms. The largest absolute Gasteiger partial charge is 0.416 e. The van der Waals surface area contributed by atoms with Crippen molar-refractivity contribution >= 4 is 5.91 Å². The number of nitrogens with one attached hydrogen (secondary N) is 1. The van der Waals surface area contributed by atoms with E-state index in [0.29, 0.717) is 13.0 Å². The summed E-state index contributed by atoms with van der Waals surface area (Å²) in [4.78, 5) is 13.8. The van der Waals surface area contributed by atoms with Gasteiger partial charge in [0.2, 0.25) is 5.91 Å². The molecule has 7 heteroatoms. The van der Waals surface area contributed by atoms with Crippen molar-refractivity contribution in [3.63, 3.8) is 0 Å². The normalized spacial score (nSPS) is 22.2. The van der Waals surface area contributed by atoms with Gasteiger partial charge >= 0.3 is 6.18 Å². The van der Waals surface area contributed by atoms with E-state index in [2.05, 4.69) is 5.32 Å². The van der Waals surface area contributed by atoms with Crippen LogP contribution in [0.25, 0.3) is 0 Å². The molecule has 0 radical (unpaired) electrons. The summed E-state index contributed by atoms with van der Waals surface area (Å²) in [6, 6.07) is 5.02. The number of hydrogen-bond acceptors (Lipinski definition) is 3. The Morgan fingerprint density at radius 3 is 2.56 bits per heavy atom. The fourth-order valence-electron chi connectivity index (χ4n) is 3.99. The highest BCUT2D eigenvalue weighted by Crippen LogP contribution is 2.40. The number of carbonyl (C=O) groups is 1. The maximum absolute atomic E-state index is 13.2. The van der Waals surface area contributed by atoms with Gasteiger partial charge < -0.3 is 15.3 Å². The second-order valence-electron chi connectivity index (χ2n) is 7.13. The number of amides is 1. The van der Waals surface area contributed by atoms with Crippen molar-refractivity contribution in [3.8, 4) is 0 Å². The van der Waals surface area contributed by atoms with E-state index in [0.717, 1.165) is 38.4 Å². The second kappa shape index (κ2) is 6.96. The third kappa shape index (κ3) is 3.98. The highest BCUT2D eigenvalue weighted by atomic mass is 19.4. The zero-order chi connectivity index (χ0) is 18.1. The van der Waals surface area contributed by atoms with Crippen molar-refractivity contribution in [1.29, 1.82) is 0 Å². The zero-order valence-electron chi connectivity index (χ0n) is 14.0. The van der Waals surface area contributed by atoms with Crippen LogP contribution in [0, 0.1) is 5.41 Å². The number of aliphatic hydroxyl groups excluding tert-OH is 1. The third-order valence-electron chi connectivity index (χ3n) is 5.43. The summed E-state index contributed by atoms with van der Waals surface area (Å²) in [6.07, 6.45) is -2.76. The van der Waals surface area contributed by atoms with E-state index in [4.69, 9.17) is 0 Å². The Balaban J connectivity index is 1.76. The van der Waals surface area contributed by atoms with Crippen molar-refractivity contribution in [2.45, 2.75) is 38.0 Å². The molecule has 0 aromatic heterocycles. The van der Waals surface area contributed by atoms with Gasteiger partial charge in [-0.25, -0.2) is 0 Å². The number of alkyl halides is 3. The molecule has 0 bridgehead atoms. The fourth-order valence-corrected chi connectivity index (χ4v) is 3.99. The Bertz CT molecular complexity index is 627. The number of β-amino-alcohol motifs (C(OH)–C–C–N with tert-alkyl or cyclic N) is 1. The number of nitrogens with zero attached hydrogens (tertiary/aromatic N) is 1. The highest BCUT2D eigenvalue weighted by Gasteiger charge is 2.41. The summed E-state index contributed by atoms with van der Waals surface area (Å²) in [5, 5.41) is 13.7. The first-order valence-corrected chi connectivity index (χ1v) is 8.63. The summed E-state index contributed by atoms with van der Waals surface area (Å²) >= 11 is 0. The summed E-state index contributed by atoms with van der Waals surface area (Å²) in [5.41, 5.74) is -0.987. The van der Waals surface area contributed by atoms with Gasteiger partial charge in [0.15, 0.2) is 0 Å². The van der Waals surface area contributed by atoms with E-state index in [1.807, 2.05) is 0 Å². The fraction of sp³-hybridized carbons (Fsp3) is 0.611. The molecule has 138 valence electrons. The minimum absolute atomic E-state index is 0.0302. The Hall–Kier alpha value is -1.60. The average Bonchev–Trinajstić information content (AvgIpc) is 2.58. The molecule has 2 N–H and O–H groups in total.